The van der Waals surface area contributed by atoms with E-state index < -0.39 is 4.92 Å². The van der Waals surface area contributed by atoms with Gasteiger partial charge in [-0.2, -0.15) is 5.10 Å². The number of methoxy groups -OCH3 is 1. The molecule has 136 valence electrons. The smallest absolute Gasteiger partial charge is 0.311 e. The van der Waals surface area contributed by atoms with Crippen molar-refractivity contribution in [3.8, 4) is 5.75 Å². The van der Waals surface area contributed by atoms with Crippen molar-refractivity contribution < 1.29 is 14.5 Å². The van der Waals surface area contributed by atoms with Gasteiger partial charge in [0.2, 0.25) is 5.91 Å². The zero-order valence-corrected chi connectivity index (χ0v) is 15.2. The summed E-state index contributed by atoms with van der Waals surface area (Å²) in [6, 6.07) is 10.4. The van der Waals surface area contributed by atoms with Crippen LogP contribution in [-0.2, 0) is 11.2 Å². The summed E-state index contributed by atoms with van der Waals surface area (Å²) in [7, 11) is 1.37. The summed E-state index contributed by atoms with van der Waals surface area (Å²) in [6.07, 6.45) is 0.214. The molecule has 0 aliphatic heterocycles. The second kappa shape index (κ2) is 8.24. The van der Waals surface area contributed by atoms with Gasteiger partial charge < -0.3 is 4.74 Å². The third kappa shape index (κ3) is 4.66. The van der Waals surface area contributed by atoms with Crippen molar-refractivity contribution in [2.75, 3.05) is 7.11 Å². The number of nitro groups is 1. The summed E-state index contributed by atoms with van der Waals surface area (Å²) in [5, 5.41) is 15.1. The SMILES string of the molecule is COc1ccc(/C(C)=N/NC(=O)Cc2ccc(C)cc2C)cc1[N+](=O)[O-]. The van der Waals surface area contributed by atoms with Crippen LogP contribution in [0.5, 0.6) is 5.75 Å². The molecule has 2 aromatic carbocycles. The summed E-state index contributed by atoms with van der Waals surface area (Å²) in [5.41, 5.74) is 6.46. The number of nitrogens with zero attached hydrogens (tertiary/aromatic N) is 2. The van der Waals surface area contributed by atoms with E-state index in [9.17, 15) is 14.9 Å². The van der Waals surface area contributed by atoms with E-state index in [0.29, 0.717) is 11.3 Å². The first-order valence-electron chi connectivity index (χ1n) is 8.04. The molecule has 0 aromatic heterocycles. The molecule has 26 heavy (non-hydrogen) atoms. The van der Waals surface area contributed by atoms with Crippen LogP contribution < -0.4 is 10.2 Å². The first kappa shape index (κ1) is 19.1. The fourth-order valence-corrected chi connectivity index (χ4v) is 2.53. The Labute approximate surface area is 151 Å². The van der Waals surface area contributed by atoms with Gasteiger partial charge >= 0.3 is 5.69 Å². The number of hydrogen-bond acceptors (Lipinski definition) is 5. The van der Waals surface area contributed by atoms with Gasteiger partial charge in [-0.3, -0.25) is 14.9 Å². The van der Waals surface area contributed by atoms with E-state index in [2.05, 4.69) is 10.5 Å². The molecule has 0 aliphatic carbocycles. The lowest BCUT2D eigenvalue weighted by molar-refractivity contribution is -0.385. The van der Waals surface area contributed by atoms with Crippen molar-refractivity contribution >= 4 is 17.3 Å². The Morgan fingerprint density at radius 2 is 1.96 bits per heavy atom. The highest BCUT2D eigenvalue weighted by Crippen LogP contribution is 2.27. The van der Waals surface area contributed by atoms with Crippen LogP contribution in [-0.4, -0.2) is 23.7 Å². The van der Waals surface area contributed by atoms with Gasteiger partial charge in [0, 0.05) is 11.6 Å². The Morgan fingerprint density at radius 1 is 1.23 bits per heavy atom. The maximum atomic E-state index is 12.1. The number of nitrogens with one attached hydrogen (secondary N) is 1. The molecular formula is C19H21N3O4. The van der Waals surface area contributed by atoms with Crippen molar-refractivity contribution in [2.45, 2.75) is 27.2 Å². The second-order valence-electron chi connectivity index (χ2n) is 5.98. The largest absolute Gasteiger partial charge is 0.490 e. The molecule has 0 atom stereocenters. The van der Waals surface area contributed by atoms with Gasteiger partial charge in [0.15, 0.2) is 5.75 Å². The predicted octanol–water partition coefficient (Wildman–Crippen LogP) is 3.30. The van der Waals surface area contributed by atoms with Crippen molar-refractivity contribution in [2.24, 2.45) is 5.10 Å². The molecule has 0 fully saturated rings. The number of amides is 1. The number of nitro benzene ring substituents is 1. The molecule has 7 heteroatoms. The lowest BCUT2D eigenvalue weighted by Gasteiger charge is -2.07. The molecule has 1 N–H and O–H groups in total. The first-order chi connectivity index (χ1) is 12.3. The number of hydrogen-bond donors (Lipinski definition) is 1. The normalized spacial score (nSPS) is 11.2. The van der Waals surface area contributed by atoms with E-state index in [1.807, 2.05) is 32.0 Å². The number of hydrazone groups is 1. The molecular weight excluding hydrogens is 334 g/mol. The summed E-state index contributed by atoms with van der Waals surface area (Å²) in [4.78, 5) is 22.7. The van der Waals surface area contributed by atoms with E-state index in [1.54, 1.807) is 13.0 Å². The zero-order valence-electron chi connectivity index (χ0n) is 15.2. The van der Waals surface area contributed by atoms with Gasteiger partial charge in [-0.1, -0.05) is 23.8 Å². The quantitative estimate of drug-likeness (QED) is 0.489. The summed E-state index contributed by atoms with van der Waals surface area (Å²) < 4.78 is 4.97. The monoisotopic (exact) mass is 355 g/mol. The highest BCUT2D eigenvalue weighted by molar-refractivity contribution is 6.00. The molecule has 7 nitrogen and oxygen atoms in total. The van der Waals surface area contributed by atoms with E-state index in [4.69, 9.17) is 4.74 Å². The lowest BCUT2D eigenvalue weighted by atomic mass is 10.0. The Kier molecular flexibility index (Phi) is 6.06. The molecule has 2 rings (SSSR count). The maximum Gasteiger partial charge on any atom is 0.311 e. The molecule has 0 bridgehead atoms. The van der Waals surface area contributed by atoms with Crippen LogP contribution in [0.15, 0.2) is 41.5 Å². The van der Waals surface area contributed by atoms with Crippen LogP contribution >= 0.6 is 0 Å². The standard InChI is InChI=1S/C19H21N3O4/c1-12-5-6-15(13(2)9-12)11-19(23)21-20-14(3)16-7-8-18(26-4)17(10-16)22(24)25/h5-10H,11H2,1-4H3,(H,21,23)/b20-14+. The molecule has 0 saturated carbocycles. The number of rotatable bonds is 6. The highest BCUT2D eigenvalue weighted by Gasteiger charge is 2.16. The number of aryl methyl sites for hydroxylation is 2. The third-order valence-corrected chi connectivity index (χ3v) is 3.99. The second-order valence-corrected chi connectivity index (χ2v) is 5.98. The van der Waals surface area contributed by atoms with Gasteiger partial charge in [-0.05, 0) is 44.0 Å². The van der Waals surface area contributed by atoms with E-state index >= 15 is 0 Å². The van der Waals surface area contributed by atoms with Crippen LogP contribution in [0.1, 0.15) is 29.2 Å². The Morgan fingerprint density at radius 3 is 2.58 bits per heavy atom. The van der Waals surface area contributed by atoms with Crippen LogP contribution in [0.3, 0.4) is 0 Å². The van der Waals surface area contributed by atoms with Gasteiger partial charge in [0.05, 0.1) is 24.2 Å². The Balaban J connectivity index is 2.11. The van der Waals surface area contributed by atoms with Crippen molar-refractivity contribution in [1.82, 2.24) is 5.43 Å². The zero-order chi connectivity index (χ0) is 19.3. The number of ether oxygens (including phenoxy) is 1. The molecule has 1 amide bonds. The minimum atomic E-state index is -0.519. The number of benzene rings is 2. The molecule has 0 aliphatic rings. The fourth-order valence-electron chi connectivity index (χ4n) is 2.53. The molecule has 0 spiro atoms. The first-order valence-corrected chi connectivity index (χ1v) is 8.04. The topological polar surface area (TPSA) is 93.8 Å². The van der Waals surface area contributed by atoms with E-state index in [1.165, 1.54) is 19.2 Å². The van der Waals surface area contributed by atoms with Gasteiger partial charge in [0.25, 0.3) is 0 Å². The van der Waals surface area contributed by atoms with Crippen LogP contribution in [0.4, 0.5) is 5.69 Å². The minimum absolute atomic E-state index is 0.152. The molecule has 0 heterocycles. The predicted molar refractivity (Wildman–Crippen MR) is 99.6 cm³/mol. The summed E-state index contributed by atoms with van der Waals surface area (Å²) in [6.45, 7) is 5.63. The van der Waals surface area contributed by atoms with Gasteiger partial charge in [-0.15, -0.1) is 0 Å². The summed E-state index contributed by atoms with van der Waals surface area (Å²) in [5.74, 6) is -0.0789. The van der Waals surface area contributed by atoms with E-state index in [0.717, 1.165) is 16.7 Å². The van der Waals surface area contributed by atoms with Crippen LogP contribution in [0, 0.1) is 24.0 Å². The van der Waals surface area contributed by atoms with Crippen molar-refractivity contribution in [3.05, 3.63) is 68.8 Å². The van der Waals surface area contributed by atoms with Crippen LogP contribution in [0.2, 0.25) is 0 Å². The fraction of sp³-hybridized carbons (Fsp3) is 0.263. The van der Waals surface area contributed by atoms with Crippen molar-refractivity contribution in [3.63, 3.8) is 0 Å². The molecule has 2 aromatic rings. The Hall–Kier alpha value is -3.22. The van der Waals surface area contributed by atoms with E-state index in [-0.39, 0.29) is 23.8 Å². The Bertz CT molecular complexity index is 875. The number of carbonyl (C=O) groups is 1. The highest BCUT2D eigenvalue weighted by atomic mass is 16.6. The molecule has 0 radical (unpaired) electrons. The van der Waals surface area contributed by atoms with Gasteiger partial charge in [0.1, 0.15) is 0 Å². The lowest BCUT2D eigenvalue weighted by Crippen LogP contribution is -2.21. The maximum absolute atomic E-state index is 12.1. The average Bonchev–Trinajstić information content (AvgIpc) is 2.61. The average molecular weight is 355 g/mol. The molecule has 0 unspecified atom stereocenters. The third-order valence-electron chi connectivity index (χ3n) is 3.99. The van der Waals surface area contributed by atoms with Crippen LogP contribution in [0.25, 0.3) is 0 Å². The molecule has 0 saturated heterocycles. The summed E-state index contributed by atoms with van der Waals surface area (Å²) >= 11 is 0. The number of carbonyl (C=O) groups excluding carboxylic acids is 1. The van der Waals surface area contributed by atoms with Gasteiger partial charge in [-0.25, -0.2) is 5.43 Å². The minimum Gasteiger partial charge on any atom is -0.490 e. The van der Waals surface area contributed by atoms with Crippen molar-refractivity contribution in [1.29, 1.82) is 0 Å².